The summed E-state index contributed by atoms with van der Waals surface area (Å²) in [7, 11) is 1.77. The van der Waals surface area contributed by atoms with Crippen molar-refractivity contribution in [3.8, 4) is 0 Å². The van der Waals surface area contributed by atoms with Crippen molar-refractivity contribution in [2.24, 2.45) is 5.73 Å². The van der Waals surface area contributed by atoms with Crippen LogP contribution in [0.2, 0.25) is 0 Å². The number of nitrogens with zero attached hydrogens (tertiary/aromatic N) is 1. The number of unbranched alkanes of at least 4 members (excludes halogenated alkanes) is 1. The summed E-state index contributed by atoms with van der Waals surface area (Å²) in [6.45, 7) is 1.85. The van der Waals surface area contributed by atoms with Crippen molar-refractivity contribution in [2.45, 2.75) is 36.1 Å². The summed E-state index contributed by atoms with van der Waals surface area (Å²) in [5.41, 5.74) is 4.78. The van der Waals surface area contributed by atoms with E-state index in [4.69, 9.17) is 5.73 Å². The molecule has 0 aliphatic heterocycles. The van der Waals surface area contributed by atoms with Gasteiger partial charge >= 0.3 is 0 Å². The maximum Gasteiger partial charge on any atom is 0.237 e. The first-order chi connectivity index (χ1) is 8.08. The monoisotopic (exact) mass is 273 g/mol. The molecule has 1 aromatic rings. The molecular weight excluding hydrogens is 254 g/mol. The van der Waals surface area contributed by atoms with Gasteiger partial charge in [-0.15, -0.1) is 11.3 Å². The molecule has 17 heavy (non-hydrogen) atoms. The Morgan fingerprint density at radius 1 is 1.65 bits per heavy atom. The average molecular weight is 273 g/mol. The molecular formula is C11H19N3OS2. The van der Waals surface area contributed by atoms with Crippen LogP contribution in [0.5, 0.6) is 0 Å². The topological polar surface area (TPSA) is 68.0 Å². The van der Waals surface area contributed by atoms with Crippen LogP contribution in [0.15, 0.2) is 15.9 Å². The molecule has 0 aliphatic rings. The van der Waals surface area contributed by atoms with Gasteiger partial charge in [-0.1, -0.05) is 18.2 Å². The van der Waals surface area contributed by atoms with Crippen LogP contribution in [0, 0.1) is 0 Å². The third-order valence-electron chi connectivity index (χ3n) is 2.80. The van der Waals surface area contributed by atoms with Crippen LogP contribution in [0.3, 0.4) is 0 Å². The van der Waals surface area contributed by atoms with Crippen molar-refractivity contribution < 1.29 is 4.79 Å². The Morgan fingerprint density at radius 2 is 2.41 bits per heavy atom. The molecule has 0 saturated heterocycles. The second-order valence-electron chi connectivity index (χ2n) is 4.05. The second kappa shape index (κ2) is 6.98. The number of thioether (sulfide) groups is 1. The average Bonchev–Trinajstić information content (AvgIpc) is 2.81. The molecule has 4 nitrogen and oxygen atoms in total. The van der Waals surface area contributed by atoms with E-state index in [1.807, 2.05) is 18.5 Å². The fourth-order valence-corrected chi connectivity index (χ4v) is 3.10. The van der Waals surface area contributed by atoms with E-state index in [-0.39, 0.29) is 5.91 Å². The predicted molar refractivity (Wildman–Crippen MR) is 73.3 cm³/mol. The van der Waals surface area contributed by atoms with Crippen molar-refractivity contribution in [2.75, 3.05) is 12.8 Å². The Bertz CT molecular complexity index is 342. The van der Waals surface area contributed by atoms with Crippen LogP contribution in [0.4, 0.5) is 0 Å². The second-order valence-corrected chi connectivity index (χ2v) is 6.29. The molecule has 1 unspecified atom stereocenters. The summed E-state index contributed by atoms with van der Waals surface area (Å²) >= 11 is 3.43. The highest BCUT2D eigenvalue weighted by Crippen LogP contribution is 2.22. The largest absolute Gasteiger partial charge is 0.368 e. The SMILES string of the molecule is CNC(C)(CCCCSc1nccs1)C(N)=O. The van der Waals surface area contributed by atoms with E-state index in [1.165, 1.54) is 0 Å². The van der Waals surface area contributed by atoms with Crippen LogP contribution in [0.1, 0.15) is 26.2 Å². The number of rotatable bonds is 8. The number of aromatic nitrogens is 1. The van der Waals surface area contributed by atoms with Crippen LogP contribution in [0.25, 0.3) is 0 Å². The summed E-state index contributed by atoms with van der Waals surface area (Å²) in [5, 5.41) is 4.97. The number of likely N-dealkylation sites (N-methyl/N-ethyl adjacent to an activating group) is 1. The quantitative estimate of drug-likeness (QED) is 0.560. The Balaban J connectivity index is 2.17. The lowest BCUT2D eigenvalue weighted by atomic mass is 9.94. The van der Waals surface area contributed by atoms with E-state index in [9.17, 15) is 4.79 Å². The number of carbonyl (C=O) groups is 1. The van der Waals surface area contributed by atoms with Crippen molar-refractivity contribution in [3.63, 3.8) is 0 Å². The van der Waals surface area contributed by atoms with Crippen molar-refractivity contribution in [3.05, 3.63) is 11.6 Å². The van der Waals surface area contributed by atoms with E-state index in [0.29, 0.717) is 0 Å². The maximum atomic E-state index is 11.2. The normalized spacial score (nSPS) is 14.5. The lowest BCUT2D eigenvalue weighted by Gasteiger charge is -2.25. The highest BCUT2D eigenvalue weighted by atomic mass is 32.2. The molecule has 0 spiro atoms. The lowest BCUT2D eigenvalue weighted by molar-refractivity contribution is -0.123. The van der Waals surface area contributed by atoms with Gasteiger partial charge in [0.25, 0.3) is 0 Å². The minimum absolute atomic E-state index is 0.285. The third kappa shape index (κ3) is 4.65. The number of nitrogens with two attached hydrogens (primary N) is 1. The fourth-order valence-electron chi connectivity index (χ4n) is 1.39. The number of hydrogen-bond acceptors (Lipinski definition) is 5. The van der Waals surface area contributed by atoms with Crippen LogP contribution in [-0.2, 0) is 4.79 Å². The number of thiazole rings is 1. The molecule has 1 aromatic heterocycles. The van der Waals surface area contributed by atoms with Gasteiger partial charge in [-0.3, -0.25) is 4.79 Å². The van der Waals surface area contributed by atoms with E-state index >= 15 is 0 Å². The van der Waals surface area contributed by atoms with E-state index in [0.717, 1.165) is 29.4 Å². The highest BCUT2D eigenvalue weighted by Gasteiger charge is 2.27. The minimum Gasteiger partial charge on any atom is -0.368 e. The molecule has 1 rings (SSSR count). The number of nitrogens with one attached hydrogen (secondary N) is 1. The number of carbonyl (C=O) groups excluding carboxylic acids is 1. The Hall–Kier alpha value is -0.590. The molecule has 1 amide bonds. The molecule has 0 aliphatic carbocycles. The lowest BCUT2D eigenvalue weighted by Crippen LogP contribution is -2.51. The van der Waals surface area contributed by atoms with Gasteiger partial charge in [0.15, 0.2) is 0 Å². The first kappa shape index (κ1) is 14.5. The summed E-state index contributed by atoms with van der Waals surface area (Å²) < 4.78 is 1.11. The van der Waals surface area contributed by atoms with E-state index in [2.05, 4.69) is 10.3 Å². The van der Waals surface area contributed by atoms with E-state index < -0.39 is 5.54 Å². The molecule has 1 atom stereocenters. The van der Waals surface area contributed by atoms with E-state index in [1.54, 1.807) is 30.1 Å². The molecule has 0 radical (unpaired) electrons. The number of amides is 1. The Morgan fingerprint density at radius 3 is 2.94 bits per heavy atom. The molecule has 0 aromatic carbocycles. The van der Waals surface area contributed by atoms with Gasteiger partial charge in [-0.05, 0) is 26.8 Å². The fraction of sp³-hybridized carbons (Fsp3) is 0.636. The first-order valence-corrected chi connectivity index (χ1v) is 7.46. The molecule has 0 bridgehead atoms. The number of primary amides is 1. The van der Waals surface area contributed by atoms with Gasteiger partial charge in [0.05, 0.1) is 5.54 Å². The van der Waals surface area contributed by atoms with Gasteiger partial charge in [0.2, 0.25) is 5.91 Å². The summed E-state index contributed by atoms with van der Waals surface area (Å²) in [6.07, 6.45) is 4.64. The predicted octanol–water partition coefficient (Wildman–Crippen LogP) is 1.87. The van der Waals surface area contributed by atoms with Gasteiger partial charge in [-0.2, -0.15) is 0 Å². The van der Waals surface area contributed by atoms with Crippen molar-refractivity contribution in [1.82, 2.24) is 10.3 Å². The maximum absolute atomic E-state index is 11.2. The molecule has 1 heterocycles. The van der Waals surface area contributed by atoms with Crippen LogP contribution in [-0.4, -0.2) is 29.2 Å². The Kier molecular flexibility index (Phi) is 5.94. The van der Waals surface area contributed by atoms with Gasteiger partial charge in [0.1, 0.15) is 4.34 Å². The zero-order chi connectivity index (χ0) is 12.7. The summed E-state index contributed by atoms with van der Waals surface area (Å²) in [5.74, 6) is 0.749. The van der Waals surface area contributed by atoms with Gasteiger partial charge in [-0.25, -0.2) is 4.98 Å². The first-order valence-electron chi connectivity index (χ1n) is 5.59. The molecule has 0 saturated carbocycles. The van der Waals surface area contributed by atoms with Crippen LogP contribution < -0.4 is 11.1 Å². The van der Waals surface area contributed by atoms with Gasteiger partial charge in [0, 0.05) is 17.3 Å². The Labute approximate surface area is 110 Å². The smallest absolute Gasteiger partial charge is 0.237 e. The van der Waals surface area contributed by atoms with Crippen molar-refractivity contribution >= 4 is 29.0 Å². The van der Waals surface area contributed by atoms with Crippen LogP contribution >= 0.6 is 23.1 Å². The molecule has 6 heteroatoms. The third-order valence-corrected chi connectivity index (χ3v) is 4.85. The summed E-state index contributed by atoms with van der Waals surface area (Å²) in [4.78, 5) is 15.5. The molecule has 96 valence electrons. The zero-order valence-electron chi connectivity index (χ0n) is 10.2. The highest BCUT2D eigenvalue weighted by molar-refractivity contribution is 8.00. The number of hydrogen-bond donors (Lipinski definition) is 2. The minimum atomic E-state index is -0.578. The molecule has 0 fully saturated rings. The van der Waals surface area contributed by atoms with Gasteiger partial charge < -0.3 is 11.1 Å². The molecule has 3 N–H and O–H groups in total. The standard InChI is InChI=1S/C11H19N3OS2/c1-11(13-2,9(12)15)5-3-4-7-16-10-14-6-8-17-10/h6,8,13H,3-5,7H2,1-2H3,(H2,12,15). The van der Waals surface area contributed by atoms with Crippen molar-refractivity contribution in [1.29, 1.82) is 0 Å². The summed E-state index contributed by atoms with van der Waals surface area (Å²) in [6, 6.07) is 0. The zero-order valence-corrected chi connectivity index (χ0v) is 11.9.